The lowest BCUT2D eigenvalue weighted by Crippen LogP contribution is -2.47. The van der Waals surface area contributed by atoms with Crippen molar-refractivity contribution in [3.8, 4) is 0 Å². The largest absolute Gasteiger partial charge is 0.345 e. The number of nitrogens with two attached hydrogens (primary N) is 1. The number of carbonyl (C=O) groups is 1. The van der Waals surface area contributed by atoms with E-state index in [0.29, 0.717) is 11.8 Å². The number of rotatable bonds is 3. The molecule has 4 heteroatoms. The first-order valence-electron chi connectivity index (χ1n) is 8.16. The number of hydrogen-bond donors (Lipinski definition) is 1. The maximum atomic E-state index is 12.6. The summed E-state index contributed by atoms with van der Waals surface area (Å²) in [6, 6.07) is 0.0682. The van der Waals surface area contributed by atoms with Crippen molar-refractivity contribution in [2.75, 3.05) is 33.7 Å². The molecular weight excluding hydrogens is 250 g/mol. The Morgan fingerprint density at radius 1 is 1.25 bits per heavy atom. The Bertz CT molecular complexity index is 326. The predicted octanol–water partition coefficient (Wildman–Crippen LogP) is 1.55. The highest BCUT2D eigenvalue weighted by Gasteiger charge is 2.33. The Kier molecular flexibility index (Phi) is 5.44. The van der Waals surface area contributed by atoms with Crippen LogP contribution in [0.3, 0.4) is 0 Å². The van der Waals surface area contributed by atoms with Gasteiger partial charge in [0.15, 0.2) is 0 Å². The van der Waals surface area contributed by atoms with E-state index >= 15 is 0 Å². The molecule has 0 radical (unpaired) electrons. The van der Waals surface area contributed by atoms with E-state index in [9.17, 15) is 4.79 Å². The van der Waals surface area contributed by atoms with Crippen molar-refractivity contribution in [1.29, 1.82) is 0 Å². The monoisotopic (exact) mass is 281 g/mol. The van der Waals surface area contributed by atoms with Crippen LogP contribution in [-0.2, 0) is 4.79 Å². The van der Waals surface area contributed by atoms with Crippen LogP contribution >= 0.6 is 0 Å². The van der Waals surface area contributed by atoms with E-state index < -0.39 is 0 Å². The lowest BCUT2D eigenvalue weighted by molar-refractivity contribution is -0.137. The first-order valence-corrected chi connectivity index (χ1v) is 8.16. The van der Waals surface area contributed by atoms with Gasteiger partial charge in [-0.1, -0.05) is 6.92 Å². The molecule has 0 aromatic rings. The lowest BCUT2D eigenvalue weighted by Gasteiger charge is -2.36. The molecule has 2 aliphatic rings. The van der Waals surface area contributed by atoms with Gasteiger partial charge in [-0.3, -0.25) is 4.79 Å². The first-order chi connectivity index (χ1) is 9.47. The molecule has 1 heterocycles. The van der Waals surface area contributed by atoms with E-state index in [0.717, 1.165) is 32.5 Å². The molecule has 0 bridgehead atoms. The van der Waals surface area contributed by atoms with Crippen molar-refractivity contribution in [2.45, 2.75) is 45.1 Å². The molecule has 116 valence electrons. The first kappa shape index (κ1) is 15.8. The van der Waals surface area contributed by atoms with Gasteiger partial charge in [0.2, 0.25) is 5.91 Å². The zero-order valence-electron chi connectivity index (χ0n) is 13.3. The van der Waals surface area contributed by atoms with Gasteiger partial charge in [-0.2, -0.15) is 0 Å². The third-order valence-corrected chi connectivity index (χ3v) is 5.23. The molecule has 4 nitrogen and oxygen atoms in total. The average Bonchev–Trinajstić information content (AvgIpc) is 2.43. The van der Waals surface area contributed by atoms with Crippen LogP contribution in [0.1, 0.15) is 39.0 Å². The Balaban J connectivity index is 1.84. The highest BCUT2D eigenvalue weighted by atomic mass is 16.2. The zero-order chi connectivity index (χ0) is 14.7. The summed E-state index contributed by atoms with van der Waals surface area (Å²) in [5, 5.41) is 0. The van der Waals surface area contributed by atoms with Crippen LogP contribution in [0.5, 0.6) is 0 Å². The Morgan fingerprint density at radius 3 is 2.55 bits per heavy atom. The van der Waals surface area contributed by atoms with Crippen LogP contribution in [0.25, 0.3) is 0 Å². The molecule has 1 aliphatic carbocycles. The van der Waals surface area contributed by atoms with Crippen molar-refractivity contribution in [1.82, 2.24) is 9.80 Å². The molecule has 1 saturated carbocycles. The van der Waals surface area contributed by atoms with E-state index in [4.69, 9.17) is 5.73 Å². The van der Waals surface area contributed by atoms with E-state index in [1.54, 1.807) is 0 Å². The van der Waals surface area contributed by atoms with Gasteiger partial charge in [-0.15, -0.1) is 0 Å². The summed E-state index contributed by atoms with van der Waals surface area (Å²) in [6.07, 6.45) is 5.56. The fraction of sp³-hybridized carbons (Fsp3) is 0.938. The van der Waals surface area contributed by atoms with Gasteiger partial charge in [0.25, 0.3) is 0 Å². The van der Waals surface area contributed by atoms with Crippen LogP contribution in [-0.4, -0.2) is 55.5 Å². The highest BCUT2D eigenvalue weighted by molar-refractivity contribution is 5.79. The molecule has 0 aromatic carbocycles. The lowest BCUT2D eigenvalue weighted by atomic mass is 9.78. The van der Waals surface area contributed by atoms with Crippen molar-refractivity contribution < 1.29 is 4.79 Å². The van der Waals surface area contributed by atoms with Gasteiger partial charge >= 0.3 is 0 Å². The Morgan fingerprint density at radius 2 is 1.90 bits per heavy atom. The Labute approximate surface area is 123 Å². The minimum atomic E-state index is 0.0509. The molecule has 1 saturated heterocycles. The molecule has 1 amide bonds. The quantitative estimate of drug-likeness (QED) is 0.854. The van der Waals surface area contributed by atoms with Crippen LogP contribution in [0.4, 0.5) is 0 Å². The molecule has 1 aliphatic heterocycles. The minimum absolute atomic E-state index is 0.0509. The second-order valence-electron chi connectivity index (χ2n) is 7.15. The summed E-state index contributed by atoms with van der Waals surface area (Å²) >= 11 is 0. The summed E-state index contributed by atoms with van der Waals surface area (Å²) in [5.74, 6) is 1.64. The molecule has 0 spiro atoms. The molecular formula is C16H31N3O. The number of piperidine rings is 1. The SMILES string of the molecule is CC1CCC(N)C(C(=O)N(C)CC2CCN(C)CC2)C1. The number of hydrogen-bond acceptors (Lipinski definition) is 3. The predicted molar refractivity (Wildman–Crippen MR) is 82.3 cm³/mol. The van der Waals surface area contributed by atoms with Crippen molar-refractivity contribution in [3.05, 3.63) is 0 Å². The number of carbonyl (C=O) groups excluding carboxylic acids is 1. The fourth-order valence-electron chi connectivity index (χ4n) is 3.69. The van der Waals surface area contributed by atoms with E-state index in [1.807, 2.05) is 11.9 Å². The topological polar surface area (TPSA) is 49.6 Å². The maximum Gasteiger partial charge on any atom is 0.227 e. The number of likely N-dealkylation sites (tertiary alicyclic amines) is 1. The van der Waals surface area contributed by atoms with Gasteiger partial charge in [0, 0.05) is 19.6 Å². The summed E-state index contributed by atoms with van der Waals surface area (Å²) in [4.78, 5) is 17.0. The van der Waals surface area contributed by atoms with Crippen molar-refractivity contribution in [3.63, 3.8) is 0 Å². The summed E-state index contributed by atoms with van der Waals surface area (Å²) < 4.78 is 0. The third kappa shape index (κ3) is 3.95. The van der Waals surface area contributed by atoms with Crippen LogP contribution in [0, 0.1) is 17.8 Å². The molecule has 2 rings (SSSR count). The van der Waals surface area contributed by atoms with E-state index in [-0.39, 0.29) is 17.9 Å². The van der Waals surface area contributed by atoms with E-state index in [1.165, 1.54) is 19.3 Å². The maximum absolute atomic E-state index is 12.6. The Hall–Kier alpha value is -0.610. The minimum Gasteiger partial charge on any atom is -0.345 e. The van der Waals surface area contributed by atoms with Crippen molar-refractivity contribution in [2.24, 2.45) is 23.5 Å². The third-order valence-electron chi connectivity index (χ3n) is 5.23. The van der Waals surface area contributed by atoms with Crippen LogP contribution in [0.15, 0.2) is 0 Å². The molecule has 3 atom stereocenters. The van der Waals surface area contributed by atoms with Gasteiger partial charge < -0.3 is 15.5 Å². The number of nitrogens with zero attached hydrogens (tertiary/aromatic N) is 2. The average molecular weight is 281 g/mol. The molecule has 20 heavy (non-hydrogen) atoms. The van der Waals surface area contributed by atoms with Gasteiger partial charge in [-0.05, 0) is 64.1 Å². The van der Waals surface area contributed by atoms with Gasteiger partial charge in [0.05, 0.1) is 5.92 Å². The summed E-state index contributed by atoms with van der Waals surface area (Å²) in [6.45, 7) is 5.47. The van der Waals surface area contributed by atoms with Crippen LogP contribution in [0.2, 0.25) is 0 Å². The number of amides is 1. The molecule has 0 aromatic heterocycles. The molecule has 2 fully saturated rings. The van der Waals surface area contributed by atoms with Gasteiger partial charge in [0.1, 0.15) is 0 Å². The standard InChI is InChI=1S/C16H31N3O/c1-12-4-5-15(17)14(10-12)16(20)19(3)11-13-6-8-18(2)9-7-13/h12-15H,4-11,17H2,1-3H3. The highest BCUT2D eigenvalue weighted by Crippen LogP contribution is 2.29. The molecule has 3 unspecified atom stereocenters. The second-order valence-corrected chi connectivity index (χ2v) is 7.15. The van der Waals surface area contributed by atoms with E-state index in [2.05, 4.69) is 18.9 Å². The van der Waals surface area contributed by atoms with Crippen molar-refractivity contribution >= 4 is 5.91 Å². The zero-order valence-corrected chi connectivity index (χ0v) is 13.3. The summed E-state index contributed by atoms with van der Waals surface area (Å²) in [7, 11) is 4.14. The fourth-order valence-corrected chi connectivity index (χ4v) is 3.69. The van der Waals surface area contributed by atoms with Crippen LogP contribution < -0.4 is 5.73 Å². The smallest absolute Gasteiger partial charge is 0.227 e. The normalized spacial score (nSPS) is 33.1. The van der Waals surface area contributed by atoms with Gasteiger partial charge in [-0.25, -0.2) is 0 Å². The molecule has 2 N–H and O–H groups in total. The second kappa shape index (κ2) is 6.90. The summed E-state index contributed by atoms with van der Waals surface area (Å²) in [5.41, 5.74) is 6.18.